The molecule has 0 aliphatic carbocycles. The van der Waals surface area contributed by atoms with Gasteiger partial charge in [-0.15, -0.1) is 11.3 Å². The highest BCUT2D eigenvalue weighted by molar-refractivity contribution is 7.09. The molecule has 3 heterocycles. The van der Waals surface area contributed by atoms with Gasteiger partial charge in [0.05, 0.1) is 18.0 Å². The molecule has 0 unspecified atom stereocenters. The van der Waals surface area contributed by atoms with Crippen LogP contribution in [0.5, 0.6) is 0 Å². The molecule has 4 rings (SSSR count). The molecule has 0 saturated carbocycles. The van der Waals surface area contributed by atoms with Crippen molar-refractivity contribution < 1.29 is 4.74 Å². The first-order chi connectivity index (χ1) is 12.4. The maximum atomic E-state index is 5.86. The van der Waals surface area contributed by atoms with Crippen LogP contribution in [0.4, 0.5) is 0 Å². The number of nitrogens with zero attached hydrogens (tertiary/aromatic N) is 3. The van der Waals surface area contributed by atoms with Crippen LogP contribution in [0, 0.1) is 0 Å². The van der Waals surface area contributed by atoms with Crippen LogP contribution in [0.15, 0.2) is 60.2 Å². The molecule has 1 atom stereocenters. The largest absolute Gasteiger partial charge is 0.377 e. The summed E-state index contributed by atoms with van der Waals surface area (Å²) in [6.45, 7) is 3.75. The number of rotatable bonds is 7. The van der Waals surface area contributed by atoms with Crippen molar-refractivity contribution in [1.82, 2.24) is 14.7 Å². The Morgan fingerprint density at radius 3 is 2.84 bits per heavy atom. The van der Waals surface area contributed by atoms with Crippen LogP contribution in [0.2, 0.25) is 0 Å². The number of hydrogen-bond donors (Lipinski definition) is 0. The lowest BCUT2D eigenvalue weighted by molar-refractivity contribution is 0.0682. The van der Waals surface area contributed by atoms with Gasteiger partial charge in [0.1, 0.15) is 0 Å². The second kappa shape index (κ2) is 7.95. The van der Waals surface area contributed by atoms with E-state index in [0.717, 1.165) is 31.9 Å². The van der Waals surface area contributed by atoms with Gasteiger partial charge in [0.25, 0.3) is 0 Å². The number of hydrogen-bond acceptors (Lipinski definition) is 4. The van der Waals surface area contributed by atoms with Gasteiger partial charge >= 0.3 is 0 Å². The van der Waals surface area contributed by atoms with Crippen LogP contribution >= 0.6 is 11.3 Å². The highest BCUT2D eigenvalue weighted by atomic mass is 32.1. The Morgan fingerprint density at radius 2 is 2.08 bits per heavy atom. The summed E-state index contributed by atoms with van der Waals surface area (Å²) in [5, 5.41) is 6.68. The number of benzene rings is 1. The van der Waals surface area contributed by atoms with Gasteiger partial charge in [-0.2, -0.15) is 5.10 Å². The minimum absolute atomic E-state index is 0.365. The zero-order valence-electron chi connectivity index (χ0n) is 14.3. The van der Waals surface area contributed by atoms with Crippen molar-refractivity contribution in [2.24, 2.45) is 0 Å². The van der Waals surface area contributed by atoms with Crippen LogP contribution in [-0.2, 0) is 17.8 Å². The Bertz CT molecular complexity index is 763. The second-order valence-corrected chi connectivity index (χ2v) is 7.54. The van der Waals surface area contributed by atoms with E-state index in [9.17, 15) is 0 Å². The average Bonchev–Trinajstić information content (AvgIpc) is 3.38. The molecule has 0 N–H and O–H groups in total. The molecule has 2 aromatic heterocycles. The Morgan fingerprint density at radius 1 is 1.16 bits per heavy atom. The smallest absolute Gasteiger partial charge is 0.0703 e. The highest BCUT2D eigenvalue weighted by Crippen LogP contribution is 2.19. The second-order valence-electron chi connectivity index (χ2n) is 6.51. The fraction of sp³-hybridized carbons (Fsp3) is 0.350. The van der Waals surface area contributed by atoms with Gasteiger partial charge in [-0.3, -0.25) is 4.90 Å². The molecule has 1 fully saturated rings. The molecule has 3 aromatic rings. The molecule has 0 amide bonds. The molecule has 25 heavy (non-hydrogen) atoms. The van der Waals surface area contributed by atoms with Crippen molar-refractivity contribution >= 4 is 11.3 Å². The van der Waals surface area contributed by atoms with Gasteiger partial charge in [0.2, 0.25) is 0 Å². The van der Waals surface area contributed by atoms with Crippen molar-refractivity contribution in [2.45, 2.75) is 32.0 Å². The van der Waals surface area contributed by atoms with Gasteiger partial charge in [-0.1, -0.05) is 24.3 Å². The lowest BCUT2D eigenvalue weighted by atomic mass is 10.2. The molecule has 1 aliphatic rings. The number of ether oxygens (including phenoxy) is 1. The predicted molar refractivity (Wildman–Crippen MR) is 101 cm³/mol. The van der Waals surface area contributed by atoms with Crippen molar-refractivity contribution in [2.75, 3.05) is 13.2 Å². The Balaban J connectivity index is 1.46. The van der Waals surface area contributed by atoms with Gasteiger partial charge in [-0.05, 0) is 36.4 Å². The Labute approximate surface area is 152 Å². The maximum Gasteiger partial charge on any atom is 0.0703 e. The van der Waals surface area contributed by atoms with E-state index in [0.29, 0.717) is 6.10 Å². The SMILES string of the molecule is c1ccc(-n2cc(CN(Cc3cccs3)C[C@H]3CCCO3)cn2)cc1. The van der Waals surface area contributed by atoms with E-state index in [4.69, 9.17) is 4.74 Å². The van der Waals surface area contributed by atoms with E-state index in [1.54, 1.807) is 0 Å². The fourth-order valence-corrected chi connectivity index (χ4v) is 4.05. The van der Waals surface area contributed by atoms with Crippen LogP contribution in [0.25, 0.3) is 5.69 Å². The molecule has 130 valence electrons. The van der Waals surface area contributed by atoms with Crippen molar-refractivity contribution in [3.05, 3.63) is 70.7 Å². The first-order valence-electron chi connectivity index (χ1n) is 8.82. The number of para-hydroxylation sites is 1. The molecule has 1 saturated heterocycles. The quantitative estimate of drug-likeness (QED) is 0.640. The van der Waals surface area contributed by atoms with E-state index >= 15 is 0 Å². The molecule has 0 spiro atoms. The third-order valence-corrected chi connectivity index (χ3v) is 5.37. The molecule has 0 bridgehead atoms. The first kappa shape index (κ1) is 16.5. The highest BCUT2D eigenvalue weighted by Gasteiger charge is 2.20. The third-order valence-electron chi connectivity index (χ3n) is 4.51. The summed E-state index contributed by atoms with van der Waals surface area (Å²) < 4.78 is 7.80. The van der Waals surface area contributed by atoms with Crippen LogP contribution in [0.1, 0.15) is 23.3 Å². The topological polar surface area (TPSA) is 30.3 Å². The summed E-state index contributed by atoms with van der Waals surface area (Å²) in [4.78, 5) is 3.88. The Hall–Kier alpha value is -1.95. The van der Waals surface area contributed by atoms with Crippen LogP contribution in [-0.4, -0.2) is 33.9 Å². The molecule has 1 aromatic carbocycles. The predicted octanol–water partition coefficient (Wildman–Crippen LogP) is 4.12. The van der Waals surface area contributed by atoms with E-state index in [1.807, 2.05) is 40.4 Å². The van der Waals surface area contributed by atoms with Gasteiger partial charge in [0.15, 0.2) is 0 Å². The lowest BCUT2D eigenvalue weighted by Gasteiger charge is -2.24. The Kier molecular flexibility index (Phi) is 5.25. The molecular formula is C20H23N3OS. The van der Waals surface area contributed by atoms with Crippen molar-refractivity contribution in [3.8, 4) is 5.69 Å². The molecular weight excluding hydrogens is 330 g/mol. The normalized spacial score (nSPS) is 17.4. The zero-order chi connectivity index (χ0) is 16.9. The van der Waals surface area contributed by atoms with Gasteiger partial charge in [0, 0.05) is 42.9 Å². The van der Waals surface area contributed by atoms with Crippen LogP contribution in [0.3, 0.4) is 0 Å². The third kappa shape index (κ3) is 4.37. The van der Waals surface area contributed by atoms with Crippen molar-refractivity contribution in [1.29, 1.82) is 0 Å². The van der Waals surface area contributed by atoms with Gasteiger partial charge < -0.3 is 4.74 Å². The van der Waals surface area contributed by atoms with E-state index in [2.05, 4.69) is 45.8 Å². The number of thiophene rings is 1. The summed E-state index contributed by atoms with van der Waals surface area (Å²) in [6, 6.07) is 14.6. The summed E-state index contributed by atoms with van der Waals surface area (Å²) in [7, 11) is 0. The minimum Gasteiger partial charge on any atom is -0.377 e. The zero-order valence-corrected chi connectivity index (χ0v) is 15.1. The van der Waals surface area contributed by atoms with Gasteiger partial charge in [-0.25, -0.2) is 4.68 Å². The molecule has 0 radical (unpaired) electrons. The summed E-state index contributed by atoms with van der Waals surface area (Å²) in [6.07, 6.45) is 6.83. The summed E-state index contributed by atoms with van der Waals surface area (Å²) in [5.74, 6) is 0. The fourth-order valence-electron chi connectivity index (χ4n) is 3.31. The average molecular weight is 353 g/mol. The van der Waals surface area contributed by atoms with E-state index in [-0.39, 0.29) is 0 Å². The summed E-state index contributed by atoms with van der Waals surface area (Å²) >= 11 is 1.82. The van der Waals surface area contributed by atoms with E-state index in [1.165, 1.54) is 23.3 Å². The molecule has 4 nitrogen and oxygen atoms in total. The van der Waals surface area contributed by atoms with E-state index < -0.39 is 0 Å². The van der Waals surface area contributed by atoms with Crippen LogP contribution < -0.4 is 0 Å². The monoisotopic (exact) mass is 353 g/mol. The number of aromatic nitrogens is 2. The molecule has 5 heteroatoms. The lowest BCUT2D eigenvalue weighted by Crippen LogP contribution is -2.31. The molecule has 1 aliphatic heterocycles. The minimum atomic E-state index is 0.365. The van der Waals surface area contributed by atoms with Crippen molar-refractivity contribution in [3.63, 3.8) is 0 Å². The standard InChI is InChI=1S/C20H23N3OS/c1-2-6-18(7-3-1)23-14-17(12-21-23)13-22(15-19-8-4-10-24-19)16-20-9-5-11-25-20/h1-3,5-7,9,11-12,14,19H,4,8,10,13,15-16H2/t19-/m1/s1. The summed E-state index contributed by atoms with van der Waals surface area (Å²) in [5.41, 5.74) is 2.33. The first-order valence-corrected chi connectivity index (χ1v) is 9.70. The maximum absolute atomic E-state index is 5.86.